The Morgan fingerprint density at radius 3 is 2.20 bits per heavy atom. The number of nitrogens with zero attached hydrogens (tertiary/aromatic N) is 1. The van der Waals surface area contributed by atoms with Crippen molar-refractivity contribution in [2.75, 3.05) is 19.6 Å². The van der Waals surface area contributed by atoms with Gasteiger partial charge in [-0.05, 0) is 39.0 Å². The standard InChI is InChI=1S/C16H30N2O2/c1-14(2,3)9-17-12-7-16(8-12)10-18(11-16)13(19)20-15(4,5)6/h12,17H,7-11H2,1-6H3. The van der Waals surface area contributed by atoms with E-state index in [1.165, 1.54) is 12.8 Å². The number of hydrogen-bond donors (Lipinski definition) is 1. The molecule has 1 aliphatic heterocycles. The van der Waals surface area contributed by atoms with Gasteiger partial charge in [0.05, 0.1) is 0 Å². The van der Waals surface area contributed by atoms with Gasteiger partial charge in [0.2, 0.25) is 0 Å². The van der Waals surface area contributed by atoms with Gasteiger partial charge in [-0.25, -0.2) is 4.79 Å². The Morgan fingerprint density at radius 2 is 1.75 bits per heavy atom. The Morgan fingerprint density at radius 1 is 1.20 bits per heavy atom. The molecule has 0 unspecified atom stereocenters. The molecule has 0 atom stereocenters. The van der Waals surface area contributed by atoms with Crippen LogP contribution in [0.4, 0.5) is 4.79 Å². The lowest BCUT2D eigenvalue weighted by atomic mass is 9.60. The molecule has 1 spiro atoms. The van der Waals surface area contributed by atoms with Crippen molar-refractivity contribution in [1.29, 1.82) is 0 Å². The fraction of sp³-hybridized carbons (Fsp3) is 0.938. The maximum absolute atomic E-state index is 11.9. The maximum atomic E-state index is 11.9. The highest BCUT2D eigenvalue weighted by atomic mass is 16.6. The van der Waals surface area contributed by atoms with Gasteiger partial charge in [-0.1, -0.05) is 20.8 Å². The van der Waals surface area contributed by atoms with E-state index in [-0.39, 0.29) is 6.09 Å². The molecular weight excluding hydrogens is 252 g/mol. The van der Waals surface area contributed by atoms with E-state index in [1.807, 2.05) is 25.7 Å². The van der Waals surface area contributed by atoms with Gasteiger partial charge in [-0.15, -0.1) is 0 Å². The number of ether oxygens (including phenoxy) is 1. The molecule has 1 amide bonds. The fourth-order valence-corrected chi connectivity index (χ4v) is 3.06. The third-order valence-corrected chi connectivity index (χ3v) is 3.98. The van der Waals surface area contributed by atoms with Crippen LogP contribution in [0.1, 0.15) is 54.4 Å². The average molecular weight is 282 g/mol. The van der Waals surface area contributed by atoms with Crippen molar-refractivity contribution >= 4 is 6.09 Å². The van der Waals surface area contributed by atoms with Crippen LogP contribution in [-0.4, -0.2) is 42.3 Å². The van der Waals surface area contributed by atoms with E-state index < -0.39 is 5.60 Å². The second-order valence-corrected chi connectivity index (χ2v) is 8.88. The molecule has 0 aromatic heterocycles. The Labute approximate surface area is 123 Å². The van der Waals surface area contributed by atoms with Crippen LogP contribution >= 0.6 is 0 Å². The molecule has 1 saturated carbocycles. The summed E-state index contributed by atoms with van der Waals surface area (Å²) in [6, 6.07) is 0.634. The summed E-state index contributed by atoms with van der Waals surface area (Å²) in [6.07, 6.45) is 2.24. The Bertz CT molecular complexity index is 365. The molecule has 1 aliphatic carbocycles. The lowest BCUT2D eigenvalue weighted by molar-refractivity contribution is -0.0835. The van der Waals surface area contributed by atoms with Crippen molar-refractivity contribution in [3.8, 4) is 0 Å². The van der Waals surface area contributed by atoms with Crippen LogP contribution in [0.15, 0.2) is 0 Å². The molecule has 2 rings (SSSR count). The number of likely N-dealkylation sites (tertiary alicyclic amines) is 1. The van der Waals surface area contributed by atoms with Gasteiger partial charge >= 0.3 is 6.09 Å². The monoisotopic (exact) mass is 282 g/mol. The van der Waals surface area contributed by atoms with E-state index in [4.69, 9.17) is 4.74 Å². The minimum atomic E-state index is -0.393. The highest BCUT2D eigenvalue weighted by molar-refractivity contribution is 5.69. The summed E-state index contributed by atoms with van der Waals surface area (Å²) in [7, 11) is 0. The van der Waals surface area contributed by atoms with Gasteiger partial charge in [0.1, 0.15) is 5.60 Å². The summed E-state index contributed by atoms with van der Waals surface area (Å²) in [5.74, 6) is 0. The fourth-order valence-electron chi connectivity index (χ4n) is 3.06. The highest BCUT2D eigenvalue weighted by Crippen LogP contribution is 2.48. The summed E-state index contributed by atoms with van der Waals surface area (Å²) in [6.45, 7) is 15.3. The number of hydrogen-bond acceptors (Lipinski definition) is 3. The Balaban J connectivity index is 1.67. The number of carbonyl (C=O) groups excluding carboxylic acids is 1. The molecule has 0 aromatic rings. The number of carbonyl (C=O) groups is 1. The SMILES string of the molecule is CC(C)(C)CNC1CC2(C1)CN(C(=O)OC(C)(C)C)C2. The topological polar surface area (TPSA) is 41.6 Å². The smallest absolute Gasteiger partial charge is 0.410 e. The minimum absolute atomic E-state index is 0.158. The zero-order chi connectivity index (χ0) is 15.2. The van der Waals surface area contributed by atoms with Gasteiger partial charge in [0.15, 0.2) is 0 Å². The van der Waals surface area contributed by atoms with Gasteiger partial charge in [-0.3, -0.25) is 0 Å². The van der Waals surface area contributed by atoms with Crippen molar-refractivity contribution in [3.05, 3.63) is 0 Å². The van der Waals surface area contributed by atoms with Crippen LogP contribution in [0.25, 0.3) is 0 Å². The number of amides is 1. The zero-order valence-electron chi connectivity index (χ0n) is 13.9. The van der Waals surface area contributed by atoms with Crippen LogP contribution < -0.4 is 5.32 Å². The molecule has 0 bridgehead atoms. The third kappa shape index (κ3) is 3.87. The van der Waals surface area contributed by atoms with E-state index in [0.29, 0.717) is 16.9 Å². The van der Waals surface area contributed by atoms with Gasteiger partial charge in [0, 0.05) is 31.1 Å². The number of rotatable bonds is 2. The van der Waals surface area contributed by atoms with Gasteiger partial charge < -0.3 is 15.0 Å². The first-order chi connectivity index (χ1) is 8.98. The van der Waals surface area contributed by atoms with Gasteiger partial charge in [0.25, 0.3) is 0 Å². The largest absolute Gasteiger partial charge is 0.444 e. The van der Waals surface area contributed by atoms with Crippen LogP contribution in [0.5, 0.6) is 0 Å². The van der Waals surface area contributed by atoms with Crippen molar-refractivity contribution in [1.82, 2.24) is 10.2 Å². The van der Waals surface area contributed by atoms with Crippen molar-refractivity contribution < 1.29 is 9.53 Å². The molecule has 1 heterocycles. The molecule has 1 saturated heterocycles. The van der Waals surface area contributed by atoms with Crippen LogP contribution in [0, 0.1) is 10.8 Å². The summed E-state index contributed by atoms with van der Waals surface area (Å²) in [4.78, 5) is 13.7. The molecule has 2 aliphatic rings. The molecule has 4 nitrogen and oxygen atoms in total. The van der Waals surface area contributed by atoms with E-state index in [2.05, 4.69) is 26.1 Å². The third-order valence-electron chi connectivity index (χ3n) is 3.98. The van der Waals surface area contributed by atoms with E-state index in [1.54, 1.807) is 0 Å². The zero-order valence-corrected chi connectivity index (χ0v) is 13.9. The Hall–Kier alpha value is -0.770. The first kappa shape index (κ1) is 15.6. The second kappa shape index (κ2) is 4.90. The lowest BCUT2D eigenvalue weighted by Gasteiger charge is -2.59. The summed E-state index contributed by atoms with van der Waals surface area (Å²) < 4.78 is 5.39. The highest BCUT2D eigenvalue weighted by Gasteiger charge is 2.54. The van der Waals surface area contributed by atoms with Crippen LogP contribution in [0.3, 0.4) is 0 Å². The molecule has 4 heteroatoms. The van der Waals surface area contributed by atoms with Gasteiger partial charge in [-0.2, -0.15) is 0 Å². The van der Waals surface area contributed by atoms with Crippen LogP contribution in [-0.2, 0) is 4.74 Å². The maximum Gasteiger partial charge on any atom is 0.410 e. The first-order valence-corrected chi connectivity index (χ1v) is 7.69. The minimum Gasteiger partial charge on any atom is -0.444 e. The molecule has 116 valence electrons. The first-order valence-electron chi connectivity index (χ1n) is 7.69. The summed E-state index contributed by atoms with van der Waals surface area (Å²) in [5.41, 5.74) is 0.327. The molecule has 2 fully saturated rings. The molecule has 1 N–H and O–H groups in total. The van der Waals surface area contributed by atoms with E-state index >= 15 is 0 Å². The quantitative estimate of drug-likeness (QED) is 0.846. The normalized spacial score (nSPS) is 22.4. The summed E-state index contributed by atoms with van der Waals surface area (Å²) >= 11 is 0. The predicted molar refractivity (Wildman–Crippen MR) is 80.7 cm³/mol. The van der Waals surface area contributed by atoms with Crippen LogP contribution in [0.2, 0.25) is 0 Å². The molecule has 0 aromatic carbocycles. The lowest BCUT2D eigenvalue weighted by Crippen LogP contribution is -2.67. The van der Waals surface area contributed by atoms with Crippen molar-refractivity contribution in [2.24, 2.45) is 10.8 Å². The predicted octanol–water partition coefficient (Wildman–Crippen LogP) is 3.02. The van der Waals surface area contributed by atoms with E-state index in [0.717, 1.165) is 19.6 Å². The van der Waals surface area contributed by atoms with Crippen molar-refractivity contribution in [2.45, 2.75) is 66.0 Å². The molecule has 0 radical (unpaired) electrons. The molecule has 20 heavy (non-hydrogen) atoms. The van der Waals surface area contributed by atoms with Crippen molar-refractivity contribution in [3.63, 3.8) is 0 Å². The second-order valence-electron chi connectivity index (χ2n) is 8.88. The number of nitrogens with one attached hydrogen (secondary N) is 1. The Kier molecular flexibility index (Phi) is 3.83. The average Bonchev–Trinajstić information content (AvgIpc) is 2.07. The summed E-state index contributed by atoms with van der Waals surface area (Å²) in [5, 5.41) is 3.63. The molecular formula is C16H30N2O2. The van der Waals surface area contributed by atoms with E-state index in [9.17, 15) is 4.79 Å².